The van der Waals surface area contributed by atoms with Crippen LogP contribution in [0.15, 0.2) is 24.3 Å². The zero-order valence-electron chi connectivity index (χ0n) is 8.58. The van der Waals surface area contributed by atoms with Gasteiger partial charge < -0.3 is 10.1 Å². The number of benzene rings is 1. The summed E-state index contributed by atoms with van der Waals surface area (Å²) < 4.78 is 13.5. The maximum absolute atomic E-state index is 13.5. The maximum Gasteiger partial charge on any atom is 0.309 e. The van der Waals surface area contributed by atoms with E-state index in [1.807, 2.05) is 0 Å². The predicted octanol–water partition coefficient (Wildman–Crippen LogP) is 2.50. The standard InChI is InChI=1S/C11H8ClFN2O2/c12-10-8(5-9(16)17)14-11(15-10)6-3-1-2-4-7(6)13/h1-4H,5H2,(H,14,15)(H,16,17). The van der Waals surface area contributed by atoms with Crippen molar-refractivity contribution in [1.82, 2.24) is 9.97 Å². The fourth-order valence-corrected chi connectivity index (χ4v) is 1.64. The molecular weight excluding hydrogens is 247 g/mol. The zero-order chi connectivity index (χ0) is 12.4. The Balaban J connectivity index is 2.41. The summed E-state index contributed by atoms with van der Waals surface area (Å²) in [6.07, 6.45) is -0.277. The molecule has 0 fully saturated rings. The van der Waals surface area contributed by atoms with Gasteiger partial charge in [0.25, 0.3) is 0 Å². The fourth-order valence-electron chi connectivity index (χ4n) is 1.44. The third-order valence-electron chi connectivity index (χ3n) is 2.19. The van der Waals surface area contributed by atoms with Crippen LogP contribution in [0.25, 0.3) is 11.4 Å². The van der Waals surface area contributed by atoms with Crippen molar-refractivity contribution >= 4 is 17.6 Å². The highest BCUT2D eigenvalue weighted by Gasteiger charge is 2.14. The molecule has 0 radical (unpaired) electrons. The number of hydrogen-bond acceptors (Lipinski definition) is 2. The van der Waals surface area contributed by atoms with E-state index in [1.54, 1.807) is 12.1 Å². The van der Waals surface area contributed by atoms with E-state index in [2.05, 4.69) is 9.97 Å². The molecular formula is C11H8ClFN2O2. The number of halogens is 2. The van der Waals surface area contributed by atoms with Crippen molar-refractivity contribution in [2.75, 3.05) is 0 Å². The number of rotatable bonds is 3. The molecule has 88 valence electrons. The second-order valence-electron chi connectivity index (χ2n) is 3.41. The SMILES string of the molecule is O=C(O)Cc1[nH]c(-c2ccccc2F)nc1Cl. The summed E-state index contributed by atoms with van der Waals surface area (Å²) in [5.74, 6) is -1.25. The van der Waals surface area contributed by atoms with Crippen molar-refractivity contribution < 1.29 is 14.3 Å². The second-order valence-corrected chi connectivity index (χ2v) is 3.76. The molecule has 1 aromatic carbocycles. The smallest absolute Gasteiger partial charge is 0.309 e. The van der Waals surface area contributed by atoms with Gasteiger partial charge in [0, 0.05) is 0 Å². The van der Waals surface area contributed by atoms with Crippen molar-refractivity contribution in [3.8, 4) is 11.4 Å². The summed E-state index contributed by atoms with van der Waals surface area (Å²) in [5, 5.41) is 8.69. The number of aromatic nitrogens is 2. The Morgan fingerprint density at radius 3 is 2.82 bits per heavy atom. The van der Waals surface area contributed by atoms with E-state index in [1.165, 1.54) is 12.1 Å². The Morgan fingerprint density at radius 1 is 1.47 bits per heavy atom. The largest absolute Gasteiger partial charge is 0.481 e. The number of carboxylic acid groups (broad SMARTS) is 1. The zero-order valence-corrected chi connectivity index (χ0v) is 9.33. The van der Waals surface area contributed by atoms with Gasteiger partial charge in [0.1, 0.15) is 11.6 Å². The van der Waals surface area contributed by atoms with Crippen LogP contribution in [-0.2, 0) is 11.2 Å². The predicted molar refractivity (Wildman–Crippen MR) is 60.3 cm³/mol. The number of hydrogen-bond donors (Lipinski definition) is 2. The second kappa shape index (κ2) is 4.55. The van der Waals surface area contributed by atoms with Crippen LogP contribution in [0.5, 0.6) is 0 Å². The van der Waals surface area contributed by atoms with E-state index < -0.39 is 11.8 Å². The molecule has 0 unspecified atom stereocenters. The first kappa shape index (κ1) is 11.6. The Bertz CT molecular complexity index is 568. The van der Waals surface area contributed by atoms with Gasteiger partial charge in [-0.15, -0.1) is 0 Å². The van der Waals surface area contributed by atoms with Gasteiger partial charge >= 0.3 is 5.97 Å². The summed E-state index contributed by atoms with van der Waals surface area (Å²) in [5.41, 5.74) is 0.517. The molecule has 0 spiro atoms. The molecule has 0 amide bonds. The average molecular weight is 255 g/mol. The average Bonchev–Trinajstić information content (AvgIpc) is 2.60. The molecule has 1 heterocycles. The molecule has 17 heavy (non-hydrogen) atoms. The molecule has 0 saturated carbocycles. The number of imidazole rings is 1. The lowest BCUT2D eigenvalue weighted by Gasteiger charge is -1.97. The Labute approximate surface area is 101 Å². The van der Waals surface area contributed by atoms with E-state index in [0.717, 1.165) is 0 Å². The number of H-pyrrole nitrogens is 1. The molecule has 0 aliphatic carbocycles. The van der Waals surface area contributed by atoms with E-state index >= 15 is 0 Å². The topological polar surface area (TPSA) is 66.0 Å². The van der Waals surface area contributed by atoms with E-state index in [4.69, 9.17) is 16.7 Å². The lowest BCUT2D eigenvalue weighted by molar-refractivity contribution is -0.136. The van der Waals surface area contributed by atoms with Crippen molar-refractivity contribution in [1.29, 1.82) is 0 Å². The summed E-state index contributed by atoms with van der Waals surface area (Å²) in [6.45, 7) is 0. The number of nitrogens with zero attached hydrogens (tertiary/aromatic N) is 1. The summed E-state index contributed by atoms with van der Waals surface area (Å²) in [6, 6.07) is 6.05. The molecule has 2 N–H and O–H groups in total. The molecule has 0 aliphatic rings. The molecule has 2 aromatic rings. The lowest BCUT2D eigenvalue weighted by Crippen LogP contribution is -2.00. The van der Waals surface area contributed by atoms with Crippen LogP contribution in [0.3, 0.4) is 0 Å². The Kier molecular flexibility index (Phi) is 3.10. The number of carboxylic acids is 1. The van der Waals surface area contributed by atoms with Crippen LogP contribution in [0.1, 0.15) is 5.69 Å². The normalized spacial score (nSPS) is 10.5. The minimum atomic E-state index is -1.03. The highest BCUT2D eigenvalue weighted by atomic mass is 35.5. The number of nitrogens with one attached hydrogen (secondary N) is 1. The van der Waals surface area contributed by atoms with Crippen LogP contribution in [0.2, 0.25) is 5.15 Å². The van der Waals surface area contributed by atoms with Crippen LogP contribution >= 0.6 is 11.6 Å². The quantitative estimate of drug-likeness (QED) is 0.884. The lowest BCUT2D eigenvalue weighted by atomic mass is 10.2. The van der Waals surface area contributed by atoms with Crippen molar-refractivity contribution in [2.45, 2.75) is 6.42 Å². The minimum absolute atomic E-state index is 0.0469. The molecule has 0 atom stereocenters. The van der Waals surface area contributed by atoms with Gasteiger partial charge in [0.2, 0.25) is 0 Å². The van der Waals surface area contributed by atoms with Gasteiger partial charge in [0.15, 0.2) is 5.15 Å². The van der Waals surface area contributed by atoms with Crippen LogP contribution < -0.4 is 0 Å². The molecule has 0 saturated heterocycles. The summed E-state index contributed by atoms with van der Waals surface area (Å²) in [4.78, 5) is 17.2. The molecule has 2 rings (SSSR count). The minimum Gasteiger partial charge on any atom is -0.481 e. The first-order valence-electron chi connectivity index (χ1n) is 4.79. The molecule has 4 nitrogen and oxygen atoms in total. The maximum atomic E-state index is 13.5. The van der Waals surface area contributed by atoms with E-state index in [9.17, 15) is 9.18 Å². The molecule has 0 bridgehead atoms. The van der Waals surface area contributed by atoms with Crippen molar-refractivity contribution in [2.24, 2.45) is 0 Å². The van der Waals surface area contributed by atoms with Gasteiger partial charge in [-0.05, 0) is 12.1 Å². The monoisotopic (exact) mass is 254 g/mol. The fraction of sp³-hybridized carbons (Fsp3) is 0.0909. The van der Waals surface area contributed by atoms with Crippen LogP contribution in [-0.4, -0.2) is 21.0 Å². The van der Waals surface area contributed by atoms with Gasteiger partial charge in [-0.25, -0.2) is 9.37 Å². The van der Waals surface area contributed by atoms with Gasteiger partial charge in [-0.2, -0.15) is 0 Å². The first-order valence-corrected chi connectivity index (χ1v) is 5.17. The summed E-state index contributed by atoms with van der Waals surface area (Å²) >= 11 is 5.76. The highest BCUT2D eigenvalue weighted by molar-refractivity contribution is 6.30. The third kappa shape index (κ3) is 2.45. The first-order chi connectivity index (χ1) is 8.08. The van der Waals surface area contributed by atoms with Crippen molar-refractivity contribution in [3.05, 3.63) is 40.9 Å². The molecule has 1 aromatic heterocycles. The van der Waals surface area contributed by atoms with Gasteiger partial charge in [-0.3, -0.25) is 4.79 Å². The van der Waals surface area contributed by atoms with Gasteiger partial charge in [-0.1, -0.05) is 23.7 Å². The van der Waals surface area contributed by atoms with Crippen LogP contribution in [0, 0.1) is 5.82 Å². The number of aromatic amines is 1. The number of aliphatic carboxylic acids is 1. The Hall–Kier alpha value is -1.88. The third-order valence-corrected chi connectivity index (χ3v) is 2.50. The van der Waals surface area contributed by atoms with Gasteiger partial charge in [0.05, 0.1) is 17.7 Å². The molecule has 0 aliphatic heterocycles. The van der Waals surface area contributed by atoms with E-state index in [0.29, 0.717) is 0 Å². The molecule has 6 heteroatoms. The number of carbonyl (C=O) groups is 1. The van der Waals surface area contributed by atoms with Crippen molar-refractivity contribution in [3.63, 3.8) is 0 Å². The highest BCUT2D eigenvalue weighted by Crippen LogP contribution is 2.23. The summed E-state index contributed by atoms with van der Waals surface area (Å²) in [7, 11) is 0. The Morgan fingerprint density at radius 2 is 2.18 bits per heavy atom. The van der Waals surface area contributed by atoms with Crippen LogP contribution in [0.4, 0.5) is 4.39 Å². The van der Waals surface area contributed by atoms with E-state index in [-0.39, 0.29) is 28.7 Å².